The largest absolute Gasteiger partial charge is 0.360 e. The molecule has 2 N–H and O–H groups in total. The lowest BCUT2D eigenvalue weighted by molar-refractivity contribution is 0.0907. The highest BCUT2D eigenvalue weighted by Crippen LogP contribution is 2.26. The van der Waals surface area contributed by atoms with Crippen LogP contribution in [0.2, 0.25) is 0 Å². The van der Waals surface area contributed by atoms with Gasteiger partial charge < -0.3 is 14.8 Å². The first-order chi connectivity index (χ1) is 12.2. The van der Waals surface area contributed by atoms with E-state index in [1.807, 2.05) is 24.3 Å². The maximum absolute atomic E-state index is 12.9. The average Bonchev–Trinajstić information content (AvgIpc) is 3.27. The molecule has 0 radical (unpaired) electrons. The van der Waals surface area contributed by atoms with Crippen LogP contribution in [0.15, 0.2) is 59.3 Å². The van der Waals surface area contributed by atoms with Gasteiger partial charge in [0.1, 0.15) is 5.82 Å². The zero-order valence-corrected chi connectivity index (χ0v) is 13.0. The Morgan fingerprint density at radius 3 is 2.80 bits per heavy atom. The third kappa shape index (κ3) is 2.99. The van der Waals surface area contributed by atoms with Crippen molar-refractivity contribution in [1.29, 1.82) is 0 Å². The van der Waals surface area contributed by atoms with Crippen molar-refractivity contribution < 1.29 is 13.7 Å². The van der Waals surface area contributed by atoms with Gasteiger partial charge in [0.15, 0.2) is 0 Å². The molecule has 0 bridgehead atoms. The molecule has 4 rings (SSSR count). The lowest BCUT2D eigenvalue weighted by atomic mass is 10.2. The van der Waals surface area contributed by atoms with Gasteiger partial charge in [0.05, 0.1) is 0 Å². The number of fused-ring (bicyclic) bond motifs is 1. The molecule has 2 aromatic carbocycles. The third-order valence-electron chi connectivity index (χ3n) is 3.82. The van der Waals surface area contributed by atoms with E-state index in [4.69, 9.17) is 4.52 Å². The monoisotopic (exact) mass is 336 g/mol. The predicted molar refractivity (Wildman–Crippen MR) is 89.2 cm³/mol. The quantitative estimate of drug-likeness (QED) is 0.599. The van der Waals surface area contributed by atoms with E-state index in [0.29, 0.717) is 5.82 Å². The Labute approximate surface area is 141 Å². The maximum Gasteiger partial charge on any atom is 0.316 e. The van der Waals surface area contributed by atoms with Crippen LogP contribution in [-0.2, 0) is 6.54 Å². The molecule has 2 heterocycles. The van der Waals surface area contributed by atoms with Crippen molar-refractivity contribution in [2.75, 3.05) is 0 Å². The molecule has 25 heavy (non-hydrogen) atoms. The van der Waals surface area contributed by atoms with Gasteiger partial charge >= 0.3 is 11.8 Å². The molecular formula is C18H13FN4O2. The number of carbonyl (C=O) groups excluding carboxylic acids is 1. The molecule has 0 aliphatic heterocycles. The maximum atomic E-state index is 12.9. The van der Waals surface area contributed by atoms with E-state index in [0.717, 1.165) is 22.0 Å². The van der Waals surface area contributed by atoms with Gasteiger partial charge in [0, 0.05) is 29.2 Å². The summed E-state index contributed by atoms with van der Waals surface area (Å²) in [6.45, 7) is 0.240. The Morgan fingerprint density at radius 1 is 1.16 bits per heavy atom. The molecule has 0 aliphatic carbocycles. The standard InChI is InChI=1S/C18H13FN4O2/c19-12-7-5-11(6-8-12)9-21-17(24)18-22-16(23-25-18)14-10-20-15-4-2-1-3-13(14)15/h1-8,10,20H,9H2,(H,21,24). The highest BCUT2D eigenvalue weighted by molar-refractivity contribution is 5.94. The first-order valence-corrected chi connectivity index (χ1v) is 7.63. The second kappa shape index (κ2) is 6.20. The van der Waals surface area contributed by atoms with E-state index in [2.05, 4.69) is 20.4 Å². The van der Waals surface area contributed by atoms with Crippen molar-refractivity contribution in [3.63, 3.8) is 0 Å². The van der Waals surface area contributed by atoms with Crippen LogP contribution in [0.4, 0.5) is 4.39 Å². The van der Waals surface area contributed by atoms with Gasteiger partial charge in [0.25, 0.3) is 0 Å². The number of H-pyrrole nitrogens is 1. The van der Waals surface area contributed by atoms with Crippen molar-refractivity contribution in [3.8, 4) is 11.4 Å². The summed E-state index contributed by atoms with van der Waals surface area (Å²) >= 11 is 0. The summed E-state index contributed by atoms with van der Waals surface area (Å²) in [5.74, 6) is -0.593. The Bertz CT molecular complexity index is 1040. The van der Waals surface area contributed by atoms with E-state index in [1.165, 1.54) is 12.1 Å². The predicted octanol–water partition coefficient (Wildman–Crippen LogP) is 3.29. The second-order valence-corrected chi connectivity index (χ2v) is 5.48. The molecule has 0 unspecified atom stereocenters. The molecule has 124 valence electrons. The highest BCUT2D eigenvalue weighted by Gasteiger charge is 2.17. The zero-order chi connectivity index (χ0) is 17.2. The number of aromatic amines is 1. The van der Waals surface area contributed by atoms with Crippen LogP contribution >= 0.6 is 0 Å². The lowest BCUT2D eigenvalue weighted by Crippen LogP contribution is -2.23. The number of hydrogen-bond donors (Lipinski definition) is 2. The Hall–Kier alpha value is -3.48. The number of carbonyl (C=O) groups is 1. The number of aromatic nitrogens is 3. The molecule has 0 saturated carbocycles. The van der Waals surface area contributed by atoms with Gasteiger partial charge in [-0.05, 0) is 23.8 Å². The highest BCUT2D eigenvalue weighted by atomic mass is 19.1. The number of amides is 1. The number of benzene rings is 2. The topological polar surface area (TPSA) is 83.8 Å². The summed E-state index contributed by atoms with van der Waals surface area (Å²) in [4.78, 5) is 19.4. The minimum absolute atomic E-state index is 0.123. The first kappa shape index (κ1) is 15.1. The fourth-order valence-corrected chi connectivity index (χ4v) is 2.54. The summed E-state index contributed by atoms with van der Waals surface area (Å²) in [6, 6.07) is 13.6. The normalized spacial score (nSPS) is 10.9. The SMILES string of the molecule is O=C(NCc1ccc(F)cc1)c1nc(-c2c[nH]c3ccccc23)no1. The van der Waals surface area contributed by atoms with E-state index in [9.17, 15) is 9.18 Å². The summed E-state index contributed by atoms with van der Waals surface area (Å²) < 4.78 is 17.9. The average molecular weight is 336 g/mol. The molecule has 0 fully saturated rings. The van der Waals surface area contributed by atoms with Crippen LogP contribution in [0.5, 0.6) is 0 Å². The smallest absolute Gasteiger partial charge is 0.316 e. The molecule has 0 atom stereocenters. The second-order valence-electron chi connectivity index (χ2n) is 5.48. The first-order valence-electron chi connectivity index (χ1n) is 7.63. The van der Waals surface area contributed by atoms with E-state index >= 15 is 0 Å². The molecule has 2 aromatic heterocycles. The number of nitrogens with zero attached hydrogens (tertiary/aromatic N) is 2. The molecule has 4 aromatic rings. The number of hydrogen-bond acceptors (Lipinski definition) is 4. The molecule has 0 saturated heterocycles. The van der Waals surface area contributed by atoms with Crippen molar-refractivity contribution in [2.24, 2.45) is 0 Å². The van der Waals surface area contributed by atoms with Crippen molar-refractivity contribution in [3.05, 3.63) is 72.0 Å². The van der Waals surface area contributed by atoms with Crippen LogP contribution in [0.1, 0.15) is 16.2 Å². The fourth-order valence-electron chi connectivity index (χ4n) is 2.54. The Balaban J connectivity index is 1.50. The van der Waals surface area contributed by atoms with Gasteiger partial charge in [-0.3, -0.25) is 4.79 Å². The van der Waals surface area contributed by atoms with E-state index in [1.54, 1.807) is 18.3 Å². The molecule has 6 nitrogen and oxygen atoms in total. The van der Waals surface area contributed by atoms with Gasteiger partial charge in [-0.2, -0.15) is 4.98 Å². The summed E-state index contributed by atoms with van der Waals surface area (Å²) in [5.41, 5.74) is 2.48. The molecular weight excluding hydrogens is 323 g/mol. The number of nitrogens with one attached hydrogen (secondary N) is 2. The van der Waals surface area contributed by atoms with Crippen LogP contribution in [0.25, 0.3) is 22.3 Å². The van der Waals surface area contributed by atoms with Crippen molar-refractivity contribution in [1.82, 2.24) is 20.4 Å². The van der Waals surface area contributed by atoms with Crippen molar-refractivity contribution >= 4 is 16.8 Å². The summed E-state index contributed by atoms with van der Waals surface area (Å²) in [7, 11) is 0. The van der Waals surface area contributed by atoms with Gasteiger partial charge in [-0.25, -0.2) is 4.39 Å². The van der Waals surface area contributed by atoms with Crippen LogP contribution in [0.3, 0.4) is 0 Å². The minimum Gasteiger partial charge on any atom is -0.360 e. The molecule has 7 heteroatoms. The van der Waals surface area contributed by atoms with Crippen LogP contribution < -0.4 is 5.32 Å². The van der Waals surface area contributed by atoms with Crippen molar-refractivity contribution in [2.45, 2.75) is 6.54 Å². The lowest BCUT2D eigenvalue weighted by Gasteiger charge is -2.01. The fraction of sp³-hybridized carbons (Fsp3) is 0.0556. The zero-order valence-electron chi connectivity index (χ0n) is 13.0. The van der Waals surface area contributed by atoms with Gasteiger partial charge in [-0.15, -0.1) is 0 Å². The minimum atomic E-state index is -0.483. The summed E-state index contributed by atoms with van der Waals surface area (Å²) in [6.07, 6.45) is 1.77. The number of rotatable bonds is 4. The van der Waals surface area contributed by atoms with Crippen LogP contribution in [0, 0.1) is 5.82 Å². The molecule has 0 aliphatic rings. The van der Waals surface area contributed by atoms with Gasteiger partial charge in [0.2, 0.25) is 5.82 Å². The Morgan fingerprint density at radius 2 is 1.96 bits per heavy atom. The Kier molecular flexibility index (Phi) is 3.74. The number of para-hydroxylation sites is 1. The number of halogens is 1. The van der Waals surface area contributed by atoms with Crippen LogP contribution in [-0.4, -0.2) is 21.0 Å². The third-order valence-corrected chi connectivity index (χ3v) is 3.82. The van der Waals surface area contributed by atoms with Gasteiger partial charge in [-0.1, -0.05) is 35.5 Å². The summed E-state index contributed by atoms with van der Waals surface area (Å²) in [5, 5.41) is 7.49. The molecule has 0 spiro atoms. The molecule has 1 amide bonds. The van der Waals surface area contributed by atoms with E-state index < -0.39 is 5.91 Å². The van der Waals surface area contributed by atoms with E-state index in [-0.39, 0.29) is 18.3 Å².